The van der Waals surface area contributed by atoms with E-state index in [1.807, 2.05) is 0 Å². The molecule has 60 valence electrons. The zero-order valence-electron chi connectivity index (χ0n) is 5.86. The van der Waals surface area contributed by atoms with Crippen LogP contribution in [0.5, 0.6) is 5.88 Å². The van der Waals surface area contributed by atoms with Crippen molar-refractivity contribution in [2.75, 3.05) is 0 Å². The summed E-state index contributed by atoms with van der Waals surface area (Å²) in [4.78, 5) is 0. The molecule has 0 N–H and O–H groups in total. The fourth-order valence-corrected chi connectivity index (χ4v) is 0.933. The standard InChI is InChI=1S/C7H4FN3O/c8-4-1-2-5-6(3-4)9-11-10-7(5)12/h1-3H,(H,9,10,12)/p-1. The summed E-state index contributed by atoms with van der Waals surface area (Å²) in [6.07, 6.45) is 0. The monoisotopic (exact) mass is 164 g/mol. The molecule has 0 bridgehead atoms. The molecular formula is C7H3FN3O-. The van der Waals surface area contributed by atoms with Gasteiger partial charge in [0.25, 0.3) is 0 Å². The molecule has 0 amide bonds. The Balaban J connectivity index is 2.86. The first kappa shape index (κ1) is 6.90. The molecule has 0 aliphatic carbocycles. The quantitative estimate of drug-likeness (QED) is 0.559. The predicted molar refractivity (Wildman–Crippen MR) is 36.7 cm³/mol. The Hall–Kier alpha value is -1.78. The van der Waals surface area contributed by atoms with Crippen molar-refractivity contribution in [2.24, 2.45) is 0 Å². The van der Waals surface area contributed by atoms with Crippen LogP contribution in [0.25, 0.3) is 10.9 Å². The van der Waals surface area contributed by atoms with Gasteiger partial charge in [-0.15, -0.1) is 10.2 Å². The van der Waals surface area contributed by atoms with Gasteiger partial charge in [-0.3, -0.25) is 0 Å². The molecule has 2 rings (SSSR count). The summed E-state index contributed by atoms with van der Waals surface area (Å²) < 4.78 is 12.6. The summed E-state index contributed by atoms with van der Waals surface area (Å²) in [5.41, 5.74) is 0.231. The van der Waals surface area contributed by atoms with Crippen molar-refractivity contribution in [1.82, 2.24) is 15.4 Å². The first-order chi connectivity index (χ1) is 5.77. The van der Waals surface area contributed by atoms with E-state index in [9.17, 15) is 9.50 Å². The Morgan fingerprint density at radius 1 is 1.25 bits per heavy atom. The smallest absolute Gasteiger partial charge is 0.125 e. The molecule has 0 atom stereocenters. The molecule has 0 unspecified atom stereocenters. The fraction of sp³-hybridized carbons (Fsp3) is 0. The predicted octanol–water partition coefficient (Wildman–Crippen LogP) is 0.237. The molecule has 5 heteroatoms. The second kappa shape index (κ2) is 2.37. The van der Waals surface area contributed by atoms with Crippen LogP contribution in [0.15, 0.2) is 18.2 Å². The van der Waals surface area contributed by atoms with Crippen LogP contribution in [0, 0.1) is 5.82 Å². The van der Waals surface area contributed by atoms with Crippen molar-refractivity contribution in [2.45, 2.75) is 0 Å². The van der Waals surface area contributed by atoms with E-state index >= 15 is 0 Å². The maximum Gasteiger partial charge on any atom is 0.125 e. The number of fused-ring (bicyclic) bond motifs is 1. The molecule has 0 fully saturated rings. The summed E-state index contributed by atoms with van der Waals surface area (Å²) in [6.45, 7) is 0. The summed E-state index contributed by atoms with van der Waals surface area (Å²) >= 11 is 0. The maximum atomic E-state index is 12.6. The topological polar surface area (TPSA) is 61.7 Å². The zero-order valence-corrected chi connectivity index (χ0v) is 5.86. The molecule has 0 aliphatic rings. The highest BCUT2D eigenvalue weighted by Gasteiger charge is 1.97. The lowest BCUT2D eigenvalue weighted by Gasteiger charge is -2.04. The summed E-state index contributed by atoms with van der Waals surface area (Å²) in [7, 11) is 0. The van der Waals surface area contributed by atoms with Gasteiger partial charge in [-0.05, 0) is 17.3 Å². The van der Waals surface area contributed by atoms with E-state index in [0.29, 0.717) is 0 Å². The lowest BCUT2D eigenvalue weighted by molar-refractivity contribution is -0.273. The lowest BCUT2D eigenvalue weighted by atomic mass is 10.2. The van der Waals surface area contributed by atoms with Gasteiger partial charge in [-0.2, -0.15) is 0 Å². The molecule has 1 aromatic carbocycles. The molecule has 12 heavy (non-hydrogen) atoms. The highest BCUT2D eigenvalue weighted by atomic mass is 19.1. The first-order valence-corrected chi connectivity index (χ1v) is 3.23. The van der Waals surface area contributed by atoms with Crippen LogP contribution < -0.4 is 5.11 Å². The Kier molecular flexibility index (Phi) is 1.36. The van der Waals surface area contributed by atoms with Gasteiger partial charge in [0.2, 0.25) is 0 Å². The third kappa shape index (κ3) is 0.952. The van der Waals surface area contributed by atoms with Crippen molar-refractivity contribution in [1.29, 1.82) is 0 Å². The third-order valence-electron chi connectivity index (χ3n) is 1.48. The van der Waals surface area contributed by atoms with Crippen LogP contribution in [-0.4, -0.2) is 15.4 Å². The zero-order chi connectivity index (χ0) is 8.55. The van der Waals surface area contributed by atoms with Gasteiger partial charge >= 0.3 is 0 Å². The number of aromatic nitrogens is 3. The van der Waals surface area contributed by atoms with E-state index in [4.69, 9.17) is 0 Å². The van der Waals surface area contributed by atoms with Crippen LogP contribution >= 0.6 is 0 Å². The fourth-order valence-electron chi connectivity index (χ4n) is 0.933. The number of benzene rings is 1. The molecule has 2 aromatic rings. The van der Waals surface area contributed by atoms with Gasteiger partial charge < -0.3 is 5.11 Å². The Labute approximate surface area is 66.7 Å². The molecule has 0 aliphatic heterocycles. The Bertz CT molecular complexity index is 432. The van der Waals surface area contributed by atoms with Gasteiger partial charge in [0.15, 0.2) is 0 Å². The highest BCUT2D eigenvalue weighted by molar-refractivity contribution is 5.81. The third-order valence-corrected chi connectivity index (χ3v) is 1.48. The van der Waals surface area contributed by atoms with Crippen molar-refractivity contribution in [3.8, 4) is 5.88 Å². The molecule has 1 heterocycles. The number of halogens is 1. The summed E-state index contributed by atoms with van der Waals surface area (Å²) in [6, 6.07) is 3.67. The largest absolute Gasteiger partial charge is 0.857 e. The minimum absolute atomic E-state index is 0.231. The maximum absolute atomic E-state index is 12.6. The summed E-state index contributed by atoms with van der Waals surface area (Å²) in [5, 5.41) is 21.1. The summed E-state index contributed by atoms with van der Waals surface area (Å²) in [5.74, 6) is -0.928. The first-order valence-electron chi connectivity index (χ1n) is 3.23. The van der Waals surface area contributed by atoms with Crippen molar-refractivity contribution in [3.63, 3.8) is 0 Å². The molecule has 0 spiro atoms. The number of hydrogen-bond acceptors (Lipinski definition) is 4. The average Bonchev–Trinajstić information content (AvgIpc) is 2.04. The van der Waals surface area contributed by atoms with E-state index in [0.717, 1.165) is 6.07 Å². The van der Waals surface area contributed by atoms with Gasteiger partial charge in [0.1, 0.15) is 5.82 Å². The van der Waals surface area contributed by atoms with Crippen molar-refractivity contribution >= 4 is 10.9 Å². The van der Waals surface area contributed by atoms with Crippen LogP contribution in [0.1, 0.15) is 0 Å². The van der Waals surface area contributed by atoms with Crippen LogP contribution in [0.3, 0.4) is 0 Å². The highest BCUT2D eigenvalue weighted by Crippen LogP contribution is 2.16. The van der Waals surface area contributed by atoms with Crippen molar-refractivity contribution < 1.29 is 9.50 Å². The SMILES string of the molecule is [O-]c1nnnc2cc(F)ccc12. The average molecular weight is 164 g/mol. The normalized spacial score (nSPS) is 10.4. The van der Waals surface area contributed by atoms with Crippen LogP contribution in [-0.2, 0) is 0 Å². The van der Waals surface area contributed by atoms with Gasteiger partial charge in [0.05, 0.1) is 5.52 Å². The molecule has 0 saturated heterocycles. The number of nitrogens with zero attached hydrogens (tertiary/aromatic N) is 3. The van der Waals surface area contributed by atoms with E-state index in [1.165, 1.54) is 12.1 Å². The van der Waals surface area contributed by atoms with Crippen LogP contribution in [0.2, 0.25) is 0 Å². The Morgan fingerprint density at radius 2 is 2.08 bits per heavy atom. The molecule has 4 nitrogen and oxygen atoms in total. The number of hydrogen-bond donors (Lipinski definition) is 0. The van der Waals surface area contributed by atoms with Crippen LogP contribution in [0.4, 0.5) is 4.39 Å². The van der Waals surface area contributed by atoms with Gasteiger partial charge in [0, 0.05) is 17.3 Å². The van der Waals surface area contributed by atoms with E-state index < -0.39 is 11.7 Å². The minimum atomic E-state index is -0.486. The molecule has 0 radical (unpaired) electrons. The van der Waals surface area contributed by atoms with Gasteiger partial charge in [-0.1, -0.05) is 0 Å². The molecular weight excluding hydrogens is 161 g/mol. The molecule has 1 aromatic heterocycles. The second-order valence-electron chi connectivity index (χ2n) is 2.26. The van der Waals surface area contributed by atoms with E-state index in [-0.39, 0.29) is 10.9 Å². The van der Waals surface area contributed by atoms with E-state index in [2.05, 4.69) is 15.4 Å². The lowest BCUT2D eigenvalue weighted by Crippen LogP contribution is -1.99. The van der Waals surface area contributed by atoms with Crippen molar-refractivity contribution in [3.05, 3.63) is 24.0 Å². The van der Waals surface area contributed by atoms with E-state index in [1.54, 1.807) is 0 Å². The molecule has 0 saturated carbocycles. The number of rotatable bonds is 0. The minimum Gasteiger partial charge on any atom is -0.857 e. The Morgan fingerprint density at radius 3 is 2.92 bits per heavy atom. The van der Waals surface area contributed by atoms with Gasteiger partial charge in [-0.25, -0.2) is 4.39 Å². The second-order valence-corrected chi connectivity index (χ2v) is 2.26.